The van der Waals surface area contributed by atoms with E-state index < -0.39 is 12.1 Å². The van der Waals surface area contributed by atoms with E-state index in [1.54, 1.807) is 5.38 Å². The number of ether oxygens (including phenoxy) is 1. The highest BCUT2D eigenvalue weighted by molar-refractivity contribution is 7.13. The van der Waals surface area contributed by atoms with Crippen LogP contribution in [0.1, 0.15) is 29.9 Å². The van der Waals surface area contributed by atoms with Gasteiger partial charge in [-0.05, 0) is 31.0 Å². The molecule has 1 atom stereocenters. The number of aromatic nitrogens is 1. The molecule has 0 fully saturated rings. The van der Waals surface area contributed by atoms with Crippen LogP contribution in [0.4, 0.5) is 5.69 Å². The third-order valence-corrected chi connectivity index (χ3v) is 4.91. The SMILES string of the molecule is CCc1ccc(NC(=O)[C@H](C)OC(=O)c2csc(-c3ccccc3)n2)cc1. The Hall–Kier alpha value is -2.99. The van der Waals surface area contributed by atoms with Crippen molar-refractivity contribution in [3.8, 4) is 10.6 Å². The van der Waals surface area contributed by atoms with Gasteiger partial charge in [-0.2, -0.15) is 0 Å². The van der Waals surface area contributed by atoms with Crippen LogP contribution >= 0.6 is 11.3 Å². The van der Waals surface area contributed by atoms with Crippen LogP contribution in [0.5, 0.6) is 0 Å². The van der Waals surface area contributed by atoms with Crippen LogP contribution in [0.2, 0.25) is 0 Å². The van der Waals surface area contributed by atoms with E-state index in [2.05, 4.69) is 17.2 Å². The van der Waals surface area contributed by atoms with Gasteiger partial charge in [-0.3, -0.25) is 4.79 Å². The second-order valence-electron chi connectivity index (χ2n) is 5.99. The fourth-order valence-corrected chi connectivity index (χ4v) is 3.22. The number of hydrogen-bond donors (Lipinski definition) is 1. The lowest BCUT2D eigenvalue weighted by atomic mass is 10.1. The molecular weight excluding hydrogens is 360 g/mol. The zero-order valence-corrected chi connectivity index (χ0v) is 16.0. The van der Waals surface area contributed by atoms with E-state index in [9.17, 15) is 9.59 Å². The number of hydrogen-bond acceptors (Lipinski definition) is 5. The van der Waals surface area contributed by atoms with Gasteiger partial charge in [0.2, 0.25) is 0 Å². The summed E-state index contributed by atoms with van der Waals surface area (Å²) in [7, 11) is 0. The van der Waals surface area contributed by atoms with E-state index in [-0.39, 0.29) is 11.6 Å². The minimum Gasteiger partial charge on any atom is -0.448 e. The topological polar surface area (TPSA) is 68.3 Å². The van der Waals surface area contributed by atoms with Crippen LogP contribution in [-0.2, 0) is 16.0 Å². The molecule has 0 aliphatic carbocycles. The summed E-state index contributed by atoms with van der Waals surface area (Å²) in [4.78, 5) is 28.8. The van der Waals surface area contributed by atoms with E-state index in [1.807, 2.05) is 54.6 Å². The Balaban J connectivity index is 1.59. The number of aryl methyl sites for hydroxylation is 1. The largest absolute Gasteiger partial charge is 0.448 e. The van der Waals surface area contributed by atoms with Crippen LogP contribution in [0.25, 0.3) is 10.6 Å². The van der Waals surface area contributed by atoms with Crippen molar-refractivity contribution >= 4 is 28.9 Å². The van der Waals surface area contributed by atoms with E-state index in [0.29, 0.717) is 5.69 Å². The van der Waals surface area contributed by atoms with Gasteiger partial charge in [0.05, 0.1) is 0 Å². The molecule has 0 unspecified atom stereocenters. The lowest BCUT2D eigenvalue weighted by Gasteiger charge is -2.13. The number of carbonyl (C=O) groups is 2. The number of rotatable bonds is 6. The predicted octanol–water partition coefficient (Wildman–Crippen LogP) is 4.56. The Labute approximate surface area is 162 Å². The fourth-order valence-electron chi connectivity index (χ4n) is 2.42. The van der Waals surface area contributed by atoms with Gasteiger partial charge in [-0.15, -0.1) is 11.3 Å². The first-order valence-corrected chi connectivity index (χ1v) is 9.56. The van der Waals surface area contributed by atoms with Gasteiger partial charge in [0.25, 0.3) is 5.91 Å². The van der Waals surface area contributed by atoms with E-state index in [1.165, 1.54) is 23.8 Å². The van der Waals surface area contributed by atoms with Crippen molar-refractivity contribution in [2.75, 3.05) is 5.32 Å². The molecule has 0 radical (unpaired) electrons. The Bertz CT molecular complexity index is 920. The highest BCUT2D eigenvalue weighted by Gasteiger charge is 2.21. The number of amides is 1. The first-order valence-electron chi connectivity index (χ1n) is 8.68. The number of esters is 1. The summed E-state index contributed by atoms with van der Waals surface area (Å²) in [6, 6.07) is 17.2. The van der Waals surface area contributed by atoms with Crippen molar-refractivity contribution in [3.63, 3.8) is 0 Å². The summed E-state index contributed by atoms with van der Waals surface area (Å²) >= 11 is 1.36. The molecule has 0 aliphatic heterocycles. The van der Waals surface area contributed by atoms with Gasteiger partial charge < -0.3 is 10.1 Å². The van der Waals surface area contributed by atoms with Crippen molar-refractivity contribution in [1.82, 2.24) is 4.98 Å². The standard InChI is InChI=1S/C21H20N2O3S/c1-3-15-9-11-17(12-10-15)22-19(24)14(2)26-21(25)18-13-27-20(23-18)16-7-5-4-6-8-16/h4-14H,3H2,1-2H3,(H,22,24)/t14-/m0/s1. The predicted molar refractivity (Wildman–Crippen MR) is 107 cm³/mol. The van der Waals surface area contributed by atoms with Crippen LogP contribution in [0.3, 0.4) is 0 Å². The maximum absolute atomic E-state index is 12.3. The molecule has 0 aliphatic rings. The molecule has 1 N–H and O–H groups in total. The zero-order valence-electron chi connectivity index (χ0n) is 15.1. The molecule has 0 saturated heterocycles. The normalized spacial score (nSPS) is 11.6. The molecule has 27 heavy (non-hydrogen) atoms. The quantitative estimate of drug-likeness (QED) is 0.637. The van der Waals surface area contributed by atoms with Gasteiger partial charge in [0, 0.05) is 16.6 Å². The molecule has 1 amide bonds. The molecule has 1 aromatic heterocycles. The number of carbonyl (C=O) groups excluding carboxylic acids is 2. The van der Waals surface area contributed by atoms with Gasteiger partial charge >= 0.3 is 5.97 Å². The van der Waals surface area contributed by atoms with E-state index in [4.69, 9.17) is 4.74 Å². The van der Waals surface area contributed by atoms with Crippen molar-refractivity contribution in [2.45, 2.75) is 26.4 Å². The molecule has 3 aromatic rings. The summed E-state index contributed by atoms with van der Waals surface area (Å²) in [6.07, 6.45) is 0.00569. The van der Waals surface area contributed by atoms with Gasteiger partial charge in [-0.1, -0.05) is 49.4 Å². The molecule has 0 spiro atoms. The fraction of sp³-hybridized carbons (Fsp3) is 0.190. The highest BCUT2D eigenvalue weighted by Crippen LogP contribution is 2.23. The van der Waals surface area contributed by atoms with Crippen molar-refractivity contribution in [3.05, 3.63) is 71.2 Å². The van der Waals surface area contributed by atoms with Crippen molar-refractivity contribution in [2.24, 2.45) is 0 Å². The molecule has 6 heteroatoms. The van der Waals surface area contributed by atoms with Crippen LogP contribution in [0, 0.1) is 0 Å². The van der Waals surface area contributed by atoms with Gasteiger partial charge in [0.15, 0.2) is 11.8 Å². The smallest absolute Gasteiger partial charge is 0.358 e. The molecule has 138 valence electrons. The lowest BCUT2D eigenvalue weighted by molar-refractivity contribution is -0.123. The highest BCUT2D eigenvalue weighted by atomic mass is 32.1. The average molecular weight is 380 g/mol. The van der Waals surface area contributed by atoms with Gasteiger partial charge in [0.1, 0.15) is 5.01 Å². The molecule has 0 saturated carbocycles. The Morgan fingerprint density at radius 1 is 1.11 bits per heavy atom. The molecular formula is C21H20N2O3S. The number of anilines is 1. The minimum atomic E-state index is -0.926. The van der Waals surface area contributed by atoms with Crippen LogP contribution in [0.15, 0.2) is 60.0 Å². The number of nitrogens with zero attached hydrogens (tertiary/aromatic N) is 1. The second-order valence-corrected chi connectivity index (χ2v) is 6.85. The van der Waals surface area contributed by atoms with Crippen LogP contribution < -0.4 is 5.32 Å². The summed E-state index contributed by atoms with van der Waals surface area (Å²) in [5.74, 6) is -0.997. The molecule has 0 bridgehead atoms. The third-order valence-electron chi connectivity index (χ3n) is 4.02. The minimum absolute atomic E-state index is 0.200. The number of benzene rings is 2. The molecule has 5 nitrogen and oxygen atoms in total. The summed E-state index contributed by atoms with van der Waals surface area (Å²) in [5, 5.41) is 5.12. The third kappa shape index (κ3) is 4.80. The Morgan fingerprint density at radius 3 is 2.48 bits per heavy atom. The first kappa shape index (κ1) is 18.8. The monoisotopic (exact) mass is 380 g/mol. The second kappa shape index (κ2) is 8.60. The Morgan fingerprint density at radius 2 is 1.81 bits per heavy atom. The zero-order chi connectivity index (χ0) is 19.2. The van der Waals surface area contributed by atoms with Crippen molar-refractivity contribution in [1.29, 1.82) is 0 Å². The Kier molecular flexibility index (Phi) is 5.98. The van der Waals surface area contributed by atoms with E-state index in [0.717, 1.165) is 17.0 Å². The van der Waals surface area contributed by atoms with Crippen molar-refractivity contribution < 1.29 is 14.3 Å². The number of nitrogens with one attached hydrogen (secondary N) is 1. The van der Waals surface area contributed by atoms with Crippen LogP contribution in [-0.4, -0.2) is 23.0 Å². The molecule has 1 heterocycles. The first-order chi connectivity index (χ1) is 13.1. The maximum Gasteiger partial charge on any atom is 0.358 e. The maximum atomic E-state index is 12.3. The molecule has 2 aromatic carbocycles. The number of thiazole rings is 1. The van der Waals surface area contributed by atoms with Gasteiger partial charge in [-0.25, -0.2) is 9.78 Å². The van der Waals surface area contributed by atoms with E-state index >= 15 is 0 Å². The average Bonchev–Trinajstić information content (AvgIpc) is 3.19. The lowest BCUT2D eigenvalue weighted by Crippen LogP contribution is -2.30. The molecule has 3 rings (SSSR count). The summed E-state index contributed by atoms with van der Waals surface area (Å²) in [5.41, 5.74) is 2.99. The summed E-state index contributed by atoms with van der Waals surface area (Å²) in [6.45, 7) is 3.61. The summed E-state index contributed by atoms with van der Waals surface area (Å²) < 4.78 is 5.26.